The Morgan fingerprint density at radius 2 is 2.00 bits per heavy atom. The standard InChI is InChI=1S/C22H21BrN6O2/c23-19-13-27-21(25-9-6-15-4-2-1-3-5-15)22(31)29(19)14-20(30)26-12-17-10-16-11-24-8-7-18(16)28-17/h1-5,7-8,10-11,13,28H,6,9,12,14H2,(H,25,27)(H,26,30). The highest BCUT2D eigenvalue weighted by atomic mass is 79.9. The first-order chi connectivity index (χ1) is 15.1. The van der Waals surface area contributed by atoms with E-state index in [4.69, 9.17) is 0 Å². The van der Waals surface area contributed by atoms with Crippen molar-refractivity contribution in [1.82, 2.24) is 24.8 Å². The number of hydrogen-bond acceptors (Lipinski definition) is 5. The molecule has 1 aromatic carbocycles. The van der Waals surface area contributed by atoms with Crippen molar-refractivity contribution in [3.63, 3.8) is 0 Å². The fourth-order valence-corrected chi connectivity index (χ4v) is 3.62. The summed E-state index contributed by atoms with van der Waals surface area (Å²) in [6.45, 7) is 0.777. The monoisotopic (exact) mass is 480 g/mol. The molecule has 3 heterocycles. The molecule has 0 saturated heterocycles. The Morgan fingerprint density at radius 1 is 1.16 bits per heavy atom. The molecular formula is C22H21BrN6O2. The molecule has 4 aromatic rings. The summed E-state index contributed by atoms with van der Waals surface area (Å²) in [5.74, 6) is -0.0592. The second kappa shape index (κ2) is 9.57. The number of aromatic nitrogens is 4. The third kappa shape index (κ3) is 5.18. The predicted octanol–water partition coefficient (Wildman–Crippen LogP) is 2.85. The molecule has 0 aliphatic rings. The molecule has 31 heavy (non-hydrogen) atoms. The number of nitrogens with one attached hydrogen (secondary N) is 3. The molecule has 0 fully saturated rings. The number of halogens is 1. The molecule has 0 aliphatic carbocycles. The first kappa shape index (κ1) is 20.8. The van der Waals surface area contributed by atoms with Crippen LogP contribution in [0.2, 0.25) is 0 Å². The van der Waals surface area contributed by atoms with Crippen molar-refractivity contribution in [3.05, 3.63) is 87.3 Å². The maximum atomic E-state index is 12.8. The van der Waals surface area contributed by atoms with E-state index in [-0.39, 0.29) is 23.8 Å². The lowest BCUT2D eigenvalue weighted by atomic mass is 10.1. The summed E-state index contributed by atoms with van der Waals surface area (Å²) in [5.41, 5.74) is 2.63. The number of benzene rings is 1. The normalized spacial score (nSPS) is 10.9. The zero-order chi connectivity index (χ0) is 21.6. The Bertz CT molecular complexity index is 1220. The molecule has 3 aromatic heterocycles. The third-order valence-electron chi connectivity index (χ3n) is 4.81. The minimum atomic E-state index is -0.353. The highest BCUT2D eigenvalue weighted by Gasteiger charge is 2.12. The molecule has 0 spiro atoms. The summed E-state index contributed by atoms with van der Waals surface area (Å²) in [4.78, 5) is 36.7. The van der Waals surface area contributed by atoms with Crippen molar-refractivity contribution >= 4 is 38.6 Å². The van der Waals surface area contributed by atoms with Gasteiger partial charge in [-0.1, -0.05) is 30.3 Å². The first-order valence-electron chi connectivity index (χ1n) is 9.81. The van der Waals surface area contributed by atoms with Gasteiger partial charge >= 0.3 is 0 Å². The van der Waals surface area contributed by atoms with Crippen LogP contribution in [0.25, 0.3) is 10.9 Å². The van der Waals surface area contributed by atoms with E-state index in [1.165, 1.54) is 16.3 Å². The number of H-pyrrole nitrogens is 1. The fraction of sp³-hybridized carbons (Fsp3) is 0.182. The maximum absolute atomic E-state index is 12.8. The summed E-state index contributed by atoms with van der Waals surface area (Å²) in [5, 5.41) is 6.88. The van der Waals surface area contributed by atoms with Crippen LogP contribution in [-0.2, 0) is 24.3 Å². The molecular weight excluding hydrogens is 460 g/mol. The van der Waals surface area contributed by atoms with Gasteiger partial charge in [0.05, 0.1) is 12.7 Å². The SMILES string of the molecule is O=C(Cn1c(Br)cnc(NCCc2ccccc2)c1=O)NCc1cc2cnccc2[nH]1. The lowest BCUT2D eigenvalue weighted by molar-refractivity contribution is -0.121. The summed E-state index contributed by atoms with van der Waals surface area (Å²) >= 11 is 3.31. The second-order valence-corrected chi connectivity index (χ2v) is 7.83. The minimum Gasteiger partial charge on any atom is -0.365 e. The van der Waals surface area contributed by atoms with Gasteiger partial charge in [-0.05, 0) is 40.0 Å². The molecule has 4 rings (SSSR count). The van der Waals surface area contributed by atoms with Crippen LogP contribution in [0, 0.1) is 0 Å². The van der Waals surface area contributed by atoms with E-state index in [1.807, 2.05) is 42.5 Å². The highest BCUT2D eigenvalue weighted by molar-refractivity contribution is 9.10. The average Bonchev–Trinajstić information content (AvgIpc) is 3.20. The molecule has 0 unspecified atom stereocenters. The van der Waals surface area contributed by atoms with Gasteiger partial charge in [0.15, 0.2) is 5.82 Å². The second-order valence-electron chi connectivity index (χ2n) is 7.02. The minimum absolute atomic E-state index is 0.114. The Kier molecular flexibility index (Phi) is 6.42. The van der Waals surface area contributed by atoms with Gasteiger partial charge in [0, 0.05) is 35.5 Å². The van der Waals surface area contributed by atoms with Crippen LogP contribution in [-0.4, -0.2) is 32.0 Å². The number of rotatable bonds is 8. The number of carbonyl (C=O) groups is 1. The van der Waals surface area contributed by atoms with E-state index in [0.717, 1.165) is 23.0 Å². The van der Waals surface area contributed by atoms with Gasteiger partial charge in [-0.15, -0.1) is 0 Å². The van der Waals surface area contributed by atoms with Gasteiger partial charge in [-0.2, -0.15) is 0 Å². The van der Waals surface area contributed by atoms with Crippen molar-refractivity contribution in [2.24, 2.45) is 0 Å². The quantitative estimate of drug-likeness (QED) is 0.359. The van der Waals surface area contributed by atoms with Crippen LogP contribution in [0.5, 0.6) is 0 Å². The van der Waals surface area contributed by atoms with Gasteiger partial charge in [-0.25, -0.2) is 4.98 Å². The van der Waals surface area contributed by atoms with Gasteiger partial charge < -0.3 is 15.6 Å². The number of carbonyl (C=O) groups excluding carboxylic acids is 1. The van der Waals surface area contributed by atoms with Gasteiger partial charge in [0.1, 0.15) is 11.1 Å². The van der Waals surface area contributed by atoms with Gasteiger partial charge in [0.25, 0.3) is 5.56 Å². The lowest BCUT2D eigenvalue weighted by Crippen LogP contribution is -2.34. The Labute approximate surface area is 186 Å². The van der Waals surface area contributed by atoms with Crippen LogP contribution in [0.3, 0.4) is 0 Å². The molecule has 0 saturated carbocycles. The number of hydrogen-bond donors (Lipinski definition) is 3. The van der Waals surface area contributed by atoms with E-state index in [1.54, 1.807) is 12.4 Å². The molecule has 0 radical (unpaired) electrons. The smallest absolute Gasteiger partial charge is 0.294 e. The number of fused-ring (bicyclic) bond motifs is 1. The zero-order valence-electron chi connectivity index (χ0n) is 16.6. The Balaban J connectivity index is 1.37. The van der Waals surface area contributed by atoms with Crippen LogP contribution >= 0.6 is 15.9 Å². The summed E-state index contributed by atoms with van der Waals surface area (Å²) < 4.78 is 1.79. The van der Waals surface area contributed by atoms with Crippen molar-refractivity contribution in [3.8, 4) is 0 Å². The highest BCUT2D eigenvalue weighted by Crippen LogP contribution is 2.13. The predicted molar refractivity (Wildman–Crippen MR) is 123 cm³/mol. The maximum Gasteiger partial charge on any atom is 0.294 e. The molecule has 0 aliphatic heterocycles. The number of anilines is 1. The van der Waals surface area contributed by atoms with Crippen molar-refractivity contribution in [2.45, 2.75) is 19.5 Å². The molecule has 3 N–H and O–H groups in total. The van der Waals surface area contributed by atoms with Crippen LogP contribution in [0.1, 0.15) is 11.3 Å². The molecule has 0 atom stereocenters. The number of amides is 1. The summed E-state index contributed by atoms with van der Waals surface area (Å²) in [6.07, 6.45) is 5.75. The first-order valence-corrected chi connectivity index (χ1v) is 10.6. The Morgan fingerprint density at radius 3 is 2.81 bits per heavy atom. The van der Waals surface area contributed by atoms with E-state index >= 15 is 0 Å². The van der Waals surface area contributed by atoms with E-state index < -0.39 is 0 Å². The molecule has 0 bridgehead atoms. The van der Waals surface area contributed by atoms with E-state index in [0.29, 0.717) is 17.7 Å². The molecule has 8 nitrogen and oxygen atoms in total. The van der Waals surface area contributed by atoms with Crippen molar-refractivity contribution in [2.75, 3.05) is 11.9 Å². The fourth-order valence-electron chi connectivity index (χ4n) is 3.23. The third-order valence-corrected chi connectivity index (χ3v) is 5.44. The summed E-state index contributed by atoms with van der Waals surface area (Å²) in [6, 6.07) is 13.8. The van der Waals surface area contributed by atoms with Crippen molar-refractivity contribution < 1.29 is 4.79 Å². The molecule has 9 heteroatoms. The lowest BCUT2D eigenvalue weighted by Gasteiger charge is -2.11. The average molecular weight is 481 g/mol. The largest absolute Gasteiger partial charge is 0.365 e. The number of nitrogens with zero attached hydrogens (tertiary/aromatic N) is 3. The summed E-state index contributed by atoms with van der Waals surface area (Å²) in [7, 11) is 0. The van der Waals surface area contributed by atoms with Gasteiger partial charge in [0.2, 0.25) is 5.91 Å². The van der Waals surface area contributed by atoms with Crippen molar-refractivity contribution in [1.29, 1.82) is 0 Å². The number of pyridine rings is 1. The molecule has 1 amide bonds. The van der Waals surface area contributed by atoms with E-state index in [9.17, 15) is 9.59 Å². The van der Waals surface area contributed by atoms with E-state index in [2.05, 4.69) is 41.5 Å². The topological polar surface area (TPSA) is 105 Å². The zero-order valence-corrected chi connectivity index (χ0v) is 18.2. The van der Waals surface area contributed by atoms with Crippen LogP contribution in [0.15, 0.2) is 70.5 Å². The molecule has 158 valence electrons. The van der Waals surface area contributed by atoms with Crippen LogP contribution in [0.4, 0.5) is 5.82 Å². The number of aromatic amines is 1. The van der Waals surface area contributed by atoms with Gasteiger partial charge in [-0.3, -0.25) is 19.1 Å². The van der Waals surface area contributed by atoms with Crippen LogP contribution < -0.4 is 16.2 Å². The Hall–Kier alpha value is -3.46.